The lowest BCUT2D eigenvalue weighted by Crippen LogP contribution is -2.32. The van der Waals surface area contributed by atoms with Gasteiger partial charge in [-0.1, -0.05) is 23.8 Å². The van der Waals surface area contributed by atoms with Crippen LogP contribution in [-0.2, 0) is 14.3 Å². The van der Waals surface area contributed by atoms with Gasteiger partial charge in [0.05, 0.1) is 16.6 Å². The Labute approximate surface area is 133 Å². The Morgan fingerprint density at radius 1 is 1.41 bits per heavy atom. The topological polar surface area (TPSA) is 55.4 Å². The molecular weight excluding hydrogens is 309 g/mol. The van der Waals surface area contributed by atoms with Crippen molar-refractivity contribution in [2.24, 2.45) is 5.92 Å². The summed E-state index contributed by atoms with van der Waals surface area (Å²) >= 11 is 5.84. The van der Waals surface area contributed by atoms with E-state index in [4.69, 9.17) is 16.3 Å². The zero-order chi connectivity index (χ0) is 16.1. The van der Waals surface area contributed by atoms with Gasteiger partial charge >= 0.3 is 5.97 Å². The van der Waals surface area contributed by atoms with E-state index in [0.717, 1.165) is 18.9 Å². The van der Waals surface area contributed by atoms with Gasteiger partial charge < -0.3 is 10.1 Å². The van der Waals surface area contributed by atoms with Gasteiger partial charge in [-0.25, -0.2) is 4.39 Å². The molecule has 4 nitrogen and oxygen atoms in total. The standard InChI is InChI=1S/C16H17ClFNO3/c1-10(22-16(21)11-5-3-2-4-6-11)15(20)19-14-8-7-12(18)9-13(14)17/h2-3,7-11H,4-6H2,1H3,(H,19,20)/t10-,11+/m1/s1. The Balaban J connectivity index is 1.91. The zero-order valence-corrected chi connectivity index (χ0v) is 12.9. The van der Waals surface area contributed by atoms with E-state index >= 15 is 0 Å². The average molecular weight is 326 g/mol. The summed E-state index contributed by atoms with van der Waals surface area (Å²) in [6.45, 7) is 1.49. The summed E-state index contributed by atoms with van der Waals surface area (Å²) in [5.74, 6) is -1.58. The van der Waals surface area contributed by atoms with Crippen molar-refractivity contribution in [3.8, 4) is 0 Å². The lowest BCUT2D eigenvalue weighted by Gasteiger charge is -2.19. The third-order valence-electron chi connectivity index (χ3n) is 3.45. The number of benzene rings is 1. The Morgan fingerprint density at radius 2 is 2.18 bits per heavy atom. The molecule has 1 N–H and O–H groups in total. The number of hydrogen-bond donors (Lipinski definition) is 1. The van der Waals surface area contributed by atoms with Crippen LogP contribution in [0, 0.1) is 11.7 Å². The molecule has 1 aliphatic rings. The fraction of sp³-hybridized carbons (Fsp3) is 0.375. The van der Waals surface area contributed by atoms with Crippen LogP contribution < -0.4 is 5.32 Å². The maximum atomic E-state index is 12.9. The Bertz CT molecular complexity index is 603. The molecule has 1 aromatic rings. The first-order chi connectivity index (χ1) is 10.5. The van der Waals surface area contributed by atoms with Gasteiger partial charge in [0.25, 0.3) is 5.91 Å². The van der Waals surface area contributed by atoms with Gasteiger partial charge in [-0.15, -0.1) is 0 Å². The second-order valence-corrected chi connectivity index (χ2v) is 5.58. The van der Waals surface area contributed by atoms with Gasteiger partial charge in [-0.2, -0.15) is 0 Å². The minimum atomic E-state index is -0.945. The van der Waals surface area contributed by atoms with Gasteiger partial charge in [-0.05, 0) is 44.4 Å². The first-order valence-corrected chi connectivity index (χ1v) is 7.46. The second-order valence-electron chi connectivity index (χ2n) is 5.17. The number of carbonyl (C=O) groups excluding carboxylic acids is 2. The summed E-state index contributed by atoms with van der Waals surface area (Å²) in [4.78, 5) is 24.0. The van der Waals surface area contributed by atoms with Crippen molar-refractivity contribution in [3.05, 3.63) is 41.2 Å². The molecule has 0 bridgehead atoms. The number of carbonyl (C=O) groups is 2. The number of nitrogens with one attached hydrogen (secondary N) is 1. The van der Waals surface area contributed by atoms with Crippen LogP contribution >= 0.6 is 11.6 Å². The molecule has 0 saturated carbocycles. The van der Waals surface area contributed by atoms with Crippen LogP contribution in [0.15, 0.2) is 30.4 Å². The van der Waals surface area contributed by atoms with Gasteiger partial charge in [0.2, 0.25) is 0 Å². The number of rotatable bonds is 4. The molecule has 0 heterocycles. The molecule has 0 spiro atoms. The number of hydrogen-bond acceptors (Lipinski definition) is 3. The highest BCUT2D eigenvalue weighted by Crippen LogP contribution is 2.23. The average Bonchev–Trinajstić information content (AvgIpc) is 2.50. The van der Waals surface area contributed by atoms with E-state index in [9.17, 15) is 14.0 Å². The Hall–Kier alpha value is -1.88. The van der Waals surface area contributed by atoms with Gasteiger partial charge in [0.15, 0.2) is 6.10 Å². The maximum Gasteiger partial charge on any atom is 0.310 e. The van der Waals surface area contributed by atoms with Crippen molar-refractivity contribution < 1.29 is 18.7 Å². The minimum absolute atomic E-state index is 0.0873. The molecule has 1 aliphatic carbocycles. The molecule has 1 amide bonds. The van der Waals surface area contributed by atoms with Gasteiger partial charge in [0.1, 0.15) is 5.82 Å². The monoisotopic (exact) mass is 325 g/mol. The fourth-order valence-corrected chi connectivity index (χ4v) is 2.37. The highest BCUT2D eigenvalue weighted by atomic mass is 35.5. The molecule has 118 valence electrons. The van der Waals surface area contributed by atoms with Crippen LogP contribution in [0.4, 0.5) is 10.1 Å². The molecule has 0 radical (unpaired) electrons. The summed E-state index contributed by atoms with van der Waals surface area (Å²) in [5, 5.41) is 2.60. The molecule has 0 aromatic heterocycles. The number of amides is 1. The zero-order valence-electron chi connectivity index (χ0n) is 12.1. The molecule has 0 aliphatic heterocycles. The van der Waals surface area contributed by atoms with Gasteiger partial charge in [0, 0.05) is 0 Å². The molecule has 2 rings (SSSR count). The number of anilines is 1. The van der Waals surface area contributed by atoms with E-state index in [0.29, 0.717) is 6.42 Å². The van der Waals surface area contributed by atoms with E-state index in [1.165, 1.54) is 19.1 Å². The summed E-state index contributed by atoms with van der Waals surface area (Å²) in [6.07, 6.45) is 5.23. The highest BCUT2D eigenvalue weighted by Gasteiger charge is 2.25. The molecule has 0 saturated heterocycles. The molecule has 0 fully saturated rings. The predicted octanol–water partition coefficient (Wildman–Crippen LogP) is 3.71. The van der Waals surface area contributed by atoms with Crippen LogP contribution in [0.1, 0.15) is 26.2 Å². The van der Waals surface area contributed by atoms with Crippen molar-refractivity contribution in [2.45, 2.75) is 32.3 Å². The second kappa shape index (κ2) is 7.40. The van der Waals surface area contributed by atoms with Crippen molar-refractivity contribution in [1.82, 2.24) is 0 Å². The van der Waals surface area contributed by atoms with Gasteiger partial charge in [-0.3, -0.25) is 9.59 Å². The molecule has 1 aromatic carbocycles. The highest BCUT2D eigenvalue weighted by molar-refractivity contribution is 6.33. The summed E-state index contributed by atoms with van der Waals surface area (Å²) < 4.78 is 18.1. The molecule has 2 atom stereocenters. The van der Waals surface area contributed by atoms with E-state index in [1.807, 2.05) is 12.2 Å². The summed E-state index contributed by atoms with van der Waals surface area (Å²) in [7, 11) is 0. The molecule has 6 heteroatoms. The Morgan fingerprint density at radius 3 is 2.82 bits per heavy atom. The SMILES string of the molecule is C[C@@H](OC(=O)[C@H]1CC=CCC1)C(=O)Nc1ccc(F)cc1Cl. The van der Waals surface area contributed by atoms with E-state index in [2.05, 4.69) is 5.32 Å². The van der Waals surface area contributed by atoms with Crippen LogP contribution in [0.3, 0.4) is 0 Å². The van der Waals surface area contributed by atoms with E-state index in [-0.39, 0.29) is 22.6 Å². The third-order valence-corrected chi connectivity index (χ3v) is 3.77. The molecule has 22 heavy (non-hydrogen) atoms. The number of esters is 1. The summed E-state index contributed by atoms with van der Waals surface area (Å²) in [6, 6.07) is 3.64. The van der Waals surface area contributed by atoms with Crippen LogP contribution in [-0.4, -0.2) is 18.0 Å². The maximum absolute atomic E-state index is 12.9. The number of ether oxygens (including phenoxy) is 1. The van der Waals surface area contributed by atoms with Crippen LogP contribution in [0.25, 0.3) is 0 Å². The smallest absolute Gasteiger partial charge is 0.310 e. The quantitative estimate of drug-likeness (QED) is 0.678. The first kappa shape index (κ1) is 16.5. The number of allylic oxidation sites excluding steroid dienone is 2. The first-order valence-electron chi connectivity index (χ1n) is 7.09. The summed E-state index contributed by atoms with van der Waals surface area (Å²) in [5.41, 5.74) is 0.275. The van der Waals surface area contributed by atoms with Crippen LogP contribution in [0.2, 0.25) is 5.02 Å². The number of halogens is 2. The largest absolute Gasteiger partial charge is 0.452 e. The lowest BCUT2D eigenvalue weighted by atomic mass is 9.95. The third kappa shape index (κ3) is 4.31. The molecule has 0 unspecified atom stereocenters. The Kier molecular flexibility index (Phi) is 5.55. The van der Waals surface area contributed by atoms with Crippen molar-refractivity contribution in [2.75, 3.05) is 5.32 Å². The van der Waals surface area contributed by atoms with E-state index in [1.54, 1.807) is 0 Å². The molecular formula is C16H17ClFNO3. The van der Waals surface area contributed by atoms with Crippen molar-refractivity contribution >= 4 is 29.2 Å². The lowest BCUT2D eigenvalue weighted by molar-refractivity contribution is -0.157. The minimum Gasteiger partial charge on any atom is -0.452 e. The normalized spacial score (nSPS) is 18.6. The van der Waals surface area contributed by atoms with Crippen molar-refractivity contribution in [1.29, 1.82) is 0 Å². The van der Waals surface area contributed by atoms with E-state index < -0.39 is 17.8 Å². The fourth-order valence-electron chi connectivity index (χ4n) is 2.16. The van der Waals surface area contributed by atoms with Crippen molar-refractivity contribution in [3.63, 3.8) is 0 Å². The van der Waals surface area contributed by atoms with Crippen LogP contribution in [0.5, 0.6) is 0 Å². The predicted molar refractivity (Wildman–Crippen MR) is 82.1 cm³/mol.